The van der Waals surface area contributed by atoms with Crippen molar-refractivity contribution in [3.05, 3.63) is 81.5 Å². The quantitative estimate of drug-likeness (QED) is 0.543. The standard InChI is InChI=1S/C23H21ClN4OS/c1-14-5-2-3-6-17(14)21-20-18(7-4-8-19(20)29)25-22-26-23(27-28(21)22)30-13-15-9-11-16(24)12-10-15/h2-3,5-6,9-12,21H,4,7-8,13H2,1H3,(H,25,26,27)/t21-/m1/s1. The molecule has 1 aliphatic carbocycles. The van der Waals surface area contributed by atoms with E-state index < -0.39 is 0 Å². The highest BCUT2D eigenvalue weighted by Crippen LogP contribution is 2.41. The Hall–Kier alpha value is -2.57. The SMILES string of the molecule is Cc1ccccc1[C@@H]1C2=C(CCCC2=O)Nc2nc(SCc3ccc(Cl)cc3)nn21. The number of thioether (sulfide) groups is 1. The number of allylic oxidation sites excluding steroid dienone is 2. The third kappa shape index (κ3) is 3.55. The number of nitrogens with zero attached hydrogens (tertiary/aromatic N) is 3. The van der Waals surface area contributed by atoms with E-state index in [9.17, 15) is 4.79 Å². The Morgan fingerprint density at radius 3 is 2.77 bits per heavy atom. The number of aryl methyl sites for hydroxylation is 1. The molecule has 1 N–H and O–H groups in total. The first-order valence-electron chi connectivity index (χ1n) is 10.0. The van der Waals surface area contributed by atoms with E-state index in [-0.39, 0.29) is 11.8 Å². The summed E-state index contributed by atoms with van der Waals surface area (Å²) >= 11 is 7.56. The molecule has 0 saturated heterocycles. The summed E-state index contributed by atoms with van der Waals surface area (Å²) in [7, 11) is 0. The fourth-order valence-electron chi connectivity index (χ4n) is 4.11. The summed E-state index contributed by atoms with van der Waals surface area (Å²) in [4.78, 5) is 17.6. The van der Waals surface area contributed by atoms with Crippen molar-refractivity contribution in [3.8, 4) is 0 Å². The van der Waals surface area contributed by atoms with Crippen molar-refractivity contribution < 1.29 is 4.79 Å². The lowest BCUT2D eigenvalue weighted by atomic mass is 9.84. The zero-order valence-corrected chi connectivity index (χ0v) is 18.1. The second kappa shape index (κ2) is 7.93. The normalized spacial score (nSPS) is 18.1. The van der Waals surface area contributed by atoms with E-state index in [1.54, 1.807) is 11.8 Å². The number of halogens is 1. The largest absolute Gasteiger partial charge is 0.328 e. The van der Waals surface area contributed by atoms with E-state index in [0.717, 1.165) is 51.6 Å². The third-order valence-corrected chi connectivity index (χ3v) is 6.77. The summed E-state index contributed by atoms with van der Waals surface area (Å²) in [6.45, 7) is 2.08. The van der Waals surface area contributed by atoms with Gasteiger partial charge >= 0.3 is 0 Å². The lowest BCUT2D eigenvalue weighted by Gasteiger charge is -2.32. The second-order valence-corrected chi connectivity index (χ2v) is 9.01. The number of rotatable bonds is 4. The number of hydrogen-bond donors (Lipinski definition) is 1. The first-order valence-corrected chi connectivity index (χ1v) is 11.4. The molecule has 1 aromatic heterocycles. The van der Waals surface area contributed by atoms with Crippen LogP contribution in [0.5, 0.6) is 0 Å². The van der Waals surface area contributed by atoms with Crippen LogP contribution in [0.25, 0.3) is 0 Å². The van der Waals surface area contributed by atoms with E-state index in [0.29, 0.717) is 17.5 Å². The van der Waals surface area contributed by atoms with Gasteiger partial charge < -0.3 is 5.32 Å². The molecule has 152 valence electrons. The monoisotopic (exact) mass is 436 g/mol. The predicted molar refractivity (Wildman–Crippen MR) is 120 cm³/mol. The molecule has 0 saturated carbocycles. The van der Waals surface area contributed by atoms with Gasteiger partial charge in [0.05, 0.1) is 0 Å². The lowest BCUT2D eigenvalue weighted by Crippen LogP contribution is -2.31. The van der Waals surface area contributed by atoms with Crippen molar-refractivity contribution >= 4 is 35.1 Å². The number of anilines is 1. The Balaban J connectivity index is 1.51. The van der Waals surface area contributed by atoms with E-state index in [2.05, 4.69) is 24.4 Å². The highest BCUT2D eigenvalue weighted by atomic mass is 35.5. The molecule has 5 rings (SSSR count). The lowest BCUT2D eigenvalue weighted by molar-refractivity contribution is -0.116. The summed E-state index contributed by atoms with van der Waals surface area (Å²) in [5.74, 6) is 1.66. The van der Waals surface area contributed by atoms with Crippen LogP contribution in [0.3, 0.4) is 0 Å². The van der Waals surface area contributed by atoms with E-state index >= 15 is 0 Å². The molecule has 2 aliphatic rings. The van der Waals surface area contributed by atoms with Gasteiger partial charge in [-0.3, -0.25) is 4.79 Å². The van der Waals surface area contributed by atoms with Gasteiger partial charge in [-0.15, -0.1) is 5.10 Å². The van der Waals surface area contributed by atoms with Crippen LogP contribution in [0.15, 0.2) is 65.0 Å². The van der Waals surface area contributed by atoms with Crippen LogP contribution in [0, 0.1) is 6.92 Å². The molecular formula is C23H21ClN4OS. The van der Waals surface area contributed by atoms with Gasteiger partial charge in [0.1, 0.15) is 6.04 Å². The van der Waals surface area contributed by atoms with Gasteiger partial charge in [0, 0.05) is 28.5 Å². The highest BCUT2D eigenvalue weighted by Gasteiger charge is 2.37. The third-order valence-electron chi connectivity index (χ3n) is 5.61. The summed E-state index contributed by atoms with van der Waals surface area (Å²) in [6.07, 6.45) is 2.33. The van der Waals surface area contributed by atoms with Crippen LogP contribution in [0.1, 0.15) is 42.0 Å². The average molecular weight is 437 g/mol. The maximum atomic E-state index is 12.9. The van der Waals surface area contributed by atoms with Crippen LogP contribution >= 0.6 is 23.4 Å². The van der Waals surface area contributed by atoms with Crippen molar-refractivity contribution in [2.45, 2.75) is 43.1 Å². The minimum absolute atomic E-state index is 0.202. The van der Waals surface area contributed by atoms with Crippen molar-refractivity contribution in [1.82, 2.24) is 14.8 Å². The van der Waals surface area contributed by atoms with Gasteiger partial charge in [0.25, 0.3) is 0 Å². The smallest absolute Gasteiger partial charge is 0.227 e. The first-order chi connectivity index (χ1) is 14.6. The van der Waals surface area contributed by atoms with Crippen molar-refractivity contribution in [1.29, 1.82) is 0 Å². The zero-order valence-electron chi connectivity index (χ0n) is 16.6. The molecule has 2 aromatic carbocycles. The molecule has 7 heteroatoms. The summed E-state index contributed by atoms with van der Waals surface area (Å²) in [5.41, 5.74) is 5.23. The van der Waals surface area contributed by atoms with Crippen LogP contribution in [0.2, 0.25) is 5.02 Å². The van der Waals surface area contributed by atoms with Gasteiger partial charge in [-0.1, -0.05) is 59.8 Å². The molecule has 5 nitrogen and oxygen atoms in total. The number of fused-ring (bicyclic) bond motifs is 1. The predicted octanol–water partition coefficient (Wildman–Crippen LogP) is 5.55. The Morgan fingerprint density at radius 2 is 1.97 bits per heavy atom. The fourth-order valence-corrected chi connectivity index (χ4v) is 5.02. The van der Waals surface area contributed by atoms with Gasteiger partial charge in [-0.05, 0) is 48.6 Å². The molecule has 3 aromatic rings. The molecule has 0 radical (unpaired) electrons. The number of aromatic nitrogens is 3. The molecule has 0 unspecified atom stereocenters. The molecule has 0 spiro atoms. The Kier molecular flexibility index (Phi) is 5.13. The Morgan fingerprint density at radius 1 is 1.17 bits per heavy atom. The van der Waals surface area contributed by atoms with E-state index in [4.69, 9.17) is 21.7 Å². The van der Waals surface area contributed by atoms with Gasteiger partial charge in [0.15, 0.2) is 5.78 Å². The molecule has 1 atom stereocenters. The van der Waals surface area contributed by atoms with Gasteiger partial charge in [-0.2, -0.15) is 4.98 Å². The van der Waals surface area contributed by atoms with Crippen molar-refractivity contribution in [2.24, 2.45) is 0 Å². The van der Waals surface area contributed by atoms with Gasteiger partial charge in [0.2, 0.25) is 11.1 Å². The molecule has 0 fully saturated rings. The number of Topliss-reactive ketones (excluding diaryl/α,β-unsaturated/α-hetero) is 1. The number of hydrogen-bond acceptors (Lipinski definition) is 5. The van der Waals surface area contributed by atoms with Crippen LogP contribution in [-0.4, -0.2) is 20.5 Å². The number of ketones is 1. The Bertz CT molecular complexity index is 1150. The molecule has 0 bridgehead atoms. The summed E-state index contributed by atoms with van der Waals surface area (Å²) < 4.78 is 1.88. The fraction of sp³-hybridized carbons (Fsp3) is 0.261. The molecular weight excluding hydrogens is 416 g/mol. The maximum Gasteiger partial charge on any atom is 0.227 e. The minimum Gasteiger partial charge on any atom is -0.328 e. The number of carbonyl (C=O) groups is 1. The van der Waals surface area contributed by atoms with Crippen LogP contribution in [-0.2, 0) is 10.5 Å². The molecule has 1 aliphatic heterocycles. The van der Waals surface area contributed by atoms with Crippen molar-refractivity contribution in [2.75, 3.05) is 5.32 Å². The first kappa shape index (κ1) is 19.4. The number of carbonyl (C=O) groups excluding carboxylic acids is 1. The average Bonchev–Trinajstić information content (AvgIpc) is 3.15. The molecule has 30 heavy (non-hydrogen) atoms. The second-order valence-electron chi connectivity index (χ2n) is 7.63. The van der Waals surface area contributed by atoms with Crippen LogP contribution < -0.4 is 5.32 Å². The van der Waals surface area contributed by atoms with E-state index in [1.165, 1.54) is 0 Å². The Labute approximate surface area is 184 Å². The topological polar surface area (TPSA) is 59.8 Å². The summed E-state index contributed by atoms with van der Waals surface area (Å²) in [5, 5.41) is 9.61. The number of nitrogens with one attached hydrogen (secondary N) is 1. The van der Waals surface area contributed by atoms with Crippen LogP contribution in [0.4, 0.5) is 5.95 Å². The zero-order chi connectivity index (χ0) is 20.7. The van der Waals surface area contributed by atoms with E-state index in [1.807, 2.05) is 41.1 Å². The molecule has 2 heterocycles. The van der Waals surface area contributed by atoms with Crippen molar-refractivity contribution in [3.63, 3.8) is 0 Å². The highest BCUT2D eigenvalue weighted by molar-refractivity contribution is 7.98. The van der Waals surface area contributed by atoms with Gasteiger partial charge in [-0.25, -0.2) is 4.68 Å². The number of benzene rings is 2. The maximum absolute atomic E-state index is 12.9. The minimum atomic E-state index is -0.234. The molecule has 0 amide bonds. The summed E-state index contributed by atoms with van der Waals surface area (Å²) in [6, 6.07) is 15.8.